The molecule has 0 radical (unpaired) electrons. The molecule has 1 saturated heterocycles. The topological polar surface area (TPSA) is 42.0 Å². The first-order valence-corrected chi connectivity index (χ1v) is 11.9. The quantitative estimate of drug-likeness (QED) is 0.368. The van der Waals surface area contributed by atoms with E-state index in [9.17, 15) is 4.79 Å². The zero-order valence-electron chi connectivity index (χ0n) is 20.5. The van der Waals surface area contributed by atoms with Crippen LogP contribution in [0.1, 0.15) is 53.1 Å². The smallest absolute Gasteiger partial charge is 0.343 e. The van der Waals surface area contributed by atoms with Gasteiger partial charge >= 0.3 is 5.97 Å². The van der Waals surface area contributed by atoms with Crippen molar-refractivity contribution in [2.45, 2.75) is 38.5 Å². The van der Waals surface area contributed by atoms with Crippen LogP contribution in [0.25, 0.3) is 0 Å². The first-order chi connectivity index (χ1) is 15.5. The van der Waals surface area contributed by atoms with E-state index in [1.807, 2.05) is 31.2 Å². The number of morpholine rings is 1. The Hall–Kier alpha value is -1.79. The zero-order valence-corrected chi connectivity index (χ0v) is 22.1. The van der Waals surface area contributed by atoms with Crippen molar-refractivity contribution in [1.82, 2.24) is 4.90 Å². The Balaban J connectivity index is 0.00000204. The van der Waals surface area contributed by atoms with Crippen LogP contribution in [0.5, 0.6) is 5.75 Å². The SMILES string of the molecule is Cc1cc(N2CCOCC2)ccc1C(=O)Oc1cccc([C@@H]2CCCC[C@@H]2CN(C)C)c1.Cl.Cl. The Labute approximate surface area is 216 Å². The molecule has 0 aromatic heterocycles. The minimum absolute atomic E-state index is 0. The second-order valence-corrected chi connectivity index (χ2v) is 9.47. The summed E-state index contributed by atoms with van der Waals surface area (Å²) in [7, 11) is 4.30. The van der Waals surface area contributed by atoms with E-state index in [0.29, 0.717) is 23.1 Å². The highest BCUT2D eigenvalue weighted by molar-refractivity contribution is 5.93. The highest BCUT2D eigenvalue weighted by Gasteiger charge is 2.27. The molecule has 1 aliphatic heterocycles. The number of ether oxygens (including phenoxy) is 2. The highest BCUT2D eigenvalue weighted by Crippen LogP contribution is 2.39. The number of rotatable bonds is 6. The van der Waals surface area contributed by atoms with E-state index >= 15 is 0 Å². The number of aryl methyl sites for hydroxylation is 1. The molecule has 4 rings (SSSR count). The van der Waals surface area contributed by atoms with Crippen molar-refractivity contribution >= 4 is 36.5 Å². The monoisotopic (exact) mass is 508 g/mol. The molecule has 7 heteroatoms. The maximum absolute atomic E-state index is 13.0. The molecule has 188 valence electrons. The summed E-state index contributed by atoms with van der Waals surface area (Å²) in [5.74, 6) is 1.53. The Morgan fingerprint density at radius 1 is 1.06 bits per heavy atom. The van der Waals surface area contributed by atoms with E-state index in [4.69, 9.17) is 9.47 Å². The number of hydrogen-bond acceptors (Lipinski definition) is 5. The molecule has 2 atom stereocenters. The largest absolute Gasteiger partial charge is 0.423 e. The van der Waals surface area contributed by atoms with Crippen LogP contribution < -0.4 is 9.64 Å². The predicted octanol–water partition coefficient (Wildman–Crippen LogP) is 5.73. The minimum atomic E-state index is -0.290. The van der Waals surface area contributed by atoms with Gasteiger partial charge in [0.25, 0.3) is 0 Å². The summed E-state index contributed by atoms with van der Waals surface area (Å²) in [5, 5.41) is 0. The fourth-order valence-electron chi connectivity index (χ4n) is 5.20. The number of anilines is 1. The molecule has 2 aromatic rings. The van der Waals surface area contributed by atoms with Crippen LogP contribution in [0.15, 0.2) is 42.5 Å². The van der Waals surface area contributed by atoms with E-state index in [0.717, 1.165) is 44.1 Å². The lowest BCUT2D eigenvalue weighted by Gasteiger charge is -2.34. The average molecular weight is 510 g/mol. The van der Waals surface area contributed by atoms with Crippen LogP contribution in [0.2, 0.25) is 0 Å². The minimum Gasteiger partial charge on any atom is -0.423 e. The van der Waals surface area contributed by atoms with E-state index in [-0.39, 0.29) is 30.8 Å². The molecule has 0 unspecified atom stereocenters. The molecular formula is C27H38Cl2N2O3. The lowest BCUT2D eigenvalue weighted by Crippen LogP contribution is -2.36. The third-order valence-corrected chi connectivity index (χ3v) is 6.81. The van der Waals surface area contributed by atoms with Crippen LogP contribution in [0.4, 0.5) is 5.69 Å². The van der Waals surface area contributed by atoms with E-state index in [2.05, 4.69) is 42.1 Å². The Morgan fingerprint density at radius 2 is 1.79 bits per heavy atom. The summed E-state index contributed by atoms with van der Waals surface area (Å²) in [6.07, 6.45) is 5.05. The van der Waals surface area contributed by atoms with Gasteiger partial charge in [-0.05, 0) is 87.2 Å². The molecule has 34 heavy (non-hydrogen) atoms. The van der Waals surface area contributed by atoms with Crippen LogP contribution in [-0.4, -0.2) is 57.8 Å². The van der Waals surface area contributed by atoms with Gasteiger partial charge in [0, 0.05) is 25.3 Å². The number of carbonyl (C=O) groups is 1. The van der Waals surface area contributed by atoms with Gasteiger partial charge in [0.1, 0.15) is 5.75 Å². The summed E-state index contributed by atoms with van der Waals surface area (Å²) >= 11 is 0. The third kappa shape index (κ3) is 7.11. The highest BCUT2D eigenvalue weighted by atomic mass is 35.5. The van der Waals surface area contributed by atoms with Gasteiger partial charge in [0.05, 0.1) is 18.8 Å². The van der Waals surface area contributed by atoms with Crippen molar-refractivity contribution in [3.63, 3.8) is 0 Å². The van der Waals surface area contributed by atoms with Gasteiger partial charge in [-0.2, -0.15) is 0 Å². The normalized spacial score (nSPS) is 20.3. The van der Waals surface area contributed by atoms with Gasteiger partial charge in [-0.1, -0.05) is 25.0 Å². The summed E-state index contributed by atoms with van der Waals surface area (Å²) in [6.45, 7) is 6.33. The predicted molar refractivity (Wildman–Crippen MR) is 143 cm³/mol. The molecular weight excluding hydrogens is 471 g/mol. The molecule has 1 saturated carbocycles. The molecule has 0 amide bonds. The molecule has 1 aliphatic carbocycles. The Bertz CT molecular complexity index is 932. The Kier molecular flexibility index (Phi) is 11.2. The second kappa shape index (κ2) is 13.3. The maximum Gasteiger partial charge on any atom is 0.343 e. The first-order valence-electron chi connectivity index (χ1n) is 11.9. The fourth-order valence-corrected chi connectivity index (χ4v) is 5.20. The van der Waals surface area contributed by atoms with E-state index in [1.165, 1.54) is 31.2 Å². The third-order valence-electron chi connectivity index (χ3n) is 6.81. The average Bonchev–Trinajstić information content (AvgIpc) is 2.79. The van der Waals surface area contributed by atoms with Crippen molar-refractivity contribution in [1.29, 1.82) is 0 Å². The molecule has 1 heterocycles. The maximum atomic E-state index is 13.0. The number of halogens is 2. The number of hydrogen-bond donors (Lipinski definition) is 0. The van der Waals surface area contributed by atoms with Gasteiger partial charge in [0.15, 0.2) is 0 Å². The van der Waals surface area contributed by atoms with Crippen LogP contribution in [-0.2, 0) is 4.74 Å². The summed E-state index contributed by atoms with van der Waals surface area (Å²) < 4.78 is 11.3. The molecule has 0 N–H and O–H groups in total. The van der Waals surface area contributed by atoms with Crippen molar-refractivity contribution in [2.75, 3.05) is 51.8 Å². The van der Waals surface area contributed by atoms with Gasteiger partial charge in [0.2, 0.25) is 0 Å². The molecule has 0 bridgehead atoms. The molecule has 5 nitrogen and oxygen atoms in total. The van der Waals surface area contributed by atoms with Gasteiger partial charge < -0.3 is 19.3 Å². The van der Waals surface area contributed by atoms with Gasteiger partial charge in [-0.25, -0.2) is 4.79 Å². The van der Waals surface area contributed by atoms with Crippen LogP contribution in [0.3, 0.4) is 0 Å². The summed E-state index contributed by atoms with van der Waals surface area (Å²) in [5.41, 5.74) is 3.99. The number of nitrogens with zero attached hydrogens (tertiary/aromatic N) is 2. The lowest BCUT2D eigenvalue weighted by molar-refractivity contribution is 0.0733. The number of benzene rings is 2. The standard InChI is InChI=1S/C27H36N2O3.2ClH/c1-20-17-23(29-13-15-31-16-14-29)11-12-25(20)27(30)32-24-9-6-8-21(18-24)26-10-5-4-7-22(26)19-28(2)3;;/h6,8-9,11-12,17-18,22,26H,4-5,7,10,13-16,19H2,1-3H3;2*1H/t22-,26+;;/m1../s1. The zero-order chi connectivity index (χ0) is 22.5. The van der Waals surface area contributed by atoms with Gasteiger partial charge in [-0.3, -0.25) is 0 Å². The number of esters is 1. The first kappa shape index (κ1) is 28.4. The van der Waals surface area contributed by atoms with Crippen molar-refractivity contribution in [3.8, 4) is 5.75 Å². The summed E-state index contributed by atoms with van der Waals surface area (Å²) in [6, 6.07) is 14.2. The fraction of sp³-hybridized carbons (Fsp3) is 0.519. The van der Waals surface area contributed by atoms with E-state index in [1.54, 1.807) is 0 Å². The van der Waals surface area contributed by atoms with Crippen LogP contribution in [0, 0.1) is 12.8 Å². The number of carbonyl (C=O) groups excluding carboxylic acids is 1. The van der Waals surface area contributed by atoms with Crippen molar-refractivity contribution < 1.29 is 14.3 Å². The second-order valence-electron chi connectivity index (χ2n) is 9.47. The molecule has 2 aromatic carbocycles. The van der Waals surface area contributed by atoms with Gasteiger partial charge in [-0.15, -0.1) is 24.8 Å². The molecule has 2 aliphatic rings. The van der Waals surface area contributed by atoms with Crippen molar-refractivity contribution in [3.05, 3.63) is 59.2 Å². The van der Waals surface area contributed by atoms with Crippen LogP contribution >= 0.6 is 24.8 Å². The molecule has 2 fully saturated rings. The molecule has 0 spiro atoms. The summed E-state index contributed by atoms with van der Waals surface area (Å²) in [4.78, 5) is 17.5. The lowest BCUT2D eigenvalue weighted by atomic mass is 9.75. The van der Waals surface area contributed by atoms with E-state index < -0.39 is 0 Å². The Morgan fingerprint density at radius 3 is 2.50 bits per heavy atom. The van der Waals surface area contributed by atoms with Crippen molar-refractivity contribution in [2.24, 2.45) is 5.92 Å².